The third-order valence-electron chi connectivity index (χ3n) is 4.28. The first-order valence-corrected chi connectivity index (χ1v) is 7.95. The molecule has 3 rings (SSSR count). The van der Waals surface area contributed by atoms with Gasteiger partial charge in [0, 0.05) is 11.1 Å². The molecule has 6 nitrogen and oxygen atoms in total. The number of halogens is 3. The quantitative estimate of drug-likeness (QED) is 0.854. The Hall–Kier alpha value is -2.84. The van der Waals surface area contributed by atoms with Crippen LogP contribution in [-0.2, 0) is 13.1 Å². The second-order valence-corrected chi connectivity index (χ2v) is 6.10. The minimum atomic E-state index is -2.91. The molecule has 138 valence electrons. The number of amides is 1. The van der Waals surface area contributed by atoms with Gasteiger partial charge in [-0.2, -0.15) is 0 Å². The number of hydrogen-bond acceptors (Lipinski definition) is 4. The van der Waals surface area contributed by atoms with E-state index in [1.54, 1.807) is 13.8 Å². The van der Waals surface area contributed by atoms with E-state index in [1.807, 2.05) is 0 Å². The lowest BCUT2D eigenvalue weighted by molar-refractivity contribution is 0.144. The summed E-state index contributed by atoms with van der Waals surface area (Å²) in [5.74, 6) is -0.143. The number of aromatic nitrogens is 2. The number of anilines is 1. The van der Waals surface area contributed by atoms with Crippen LogP contribution in [0.15, 0.2) is 18.2 Å². The Bertz CT molecular complexity index is 860. The second kappa shape index (κ2) is 6.81. The van der Waals surface area contributed by atoms with Gasteiger partial charge in [0.05, 0.1) is 30.4 Å². The van der Waals surface area contributed by atoms with E-state index in [4.69, 9.17) is 5.11 Å². The van der Waals surface area contributed by atoms with Crippen molar-refractivity contribution in [2.24, 2.45) is 0 Å². The summed E-state index contributed by atoms with van der Waals surface area (Å²) in [6.45, 7) is 3.55. The first-order chi connectivity index (χ1) is 12.3. The molecular formula is C17H17F3N4O2. The highest BCUT2D eigenvalue weighted by Gasteiger charge is 2.29. The molecule has 0 radical (unpaired) electrons. The van der Waals surface area contributed by atoms with Crippen molar-refractivity contribution in [1.29, 1.82) is 0 Å². The van der Waals surface area contributed by atoms with Crippen molar-refractivity contribution in [3.8, 4) is 0 Å². The molecule has 2 heterocycles. The lowest BCUT2D eigenvalue weighted by Crippen LogP contribution is -2.23. The molecule has 0 fully saturated rings. The highest BCUT2D eigenvalue weighted by atomic mass is 19.3. The monoisotopic (exact) mass is 366 g/mol. The molecule has 1 aliphatic rings. The zero-order chi connectivity index (χ0) is 19.0. The molecule has 1 aromatic heterocycles. The molecule has 1 amide bonds. The van der Waals surface area contributed by atoms with Crippen LogP contribution in [-0.4, -0.2) is 26.1 Å². The Morgan fingerprint density at radius 2 is 1.96 bits per heavy atom. The Balaban J connectivity index is 1.91. The van der Waals surface area contributed by atoms with Crippen molar-refractivity contribution in [2.75, 3.05) is 5.32 Å². The molecule has 2 N–H and O–H groups in total. The third kappa shape index (κ3) is 3.29. The predicted octanol–water partition coefficient (Wildman–Crippen LogP) is 4.03. The highest BCUT2D eigenvalue weighted by molar-refractivity contribution is 5.67. The maximum absolute atomic E-state index is 14.4. The van der Waals surface area contributed by atoms with Crippen LogP contribution in [0.1, 0.15) is 47.6 Å². The highest BCUT2D eigenvalue weighted by Crippen LogP contribution is 2.32. The second-order valence-electron chi connectivity index (χ2n) is 6.10. The van der Waals surface area contributed by atoms with Crippen molar-refractivity contribution >= 4 is 11.9 Å². The number of carbonyl (C=O) groups is 1. The van der Waals surface area contributed by atoms with Crippen molar-refractivity contribution in [1.82, 2.24) is 14.9 Å². The van der Waals surface area contributed by atoms with E-state index in [9.17, 15) is 18.0 Å². The van der Waals surface area contributed by atoms with Crippen molar-refractivity contribution < 1.29 is 23.1 Å². The van der Waals surface area contributed by atoms with Gasteiger partial charge in [-0.15, -0.1) is 0 Å². The smallest absolute Gasteiger partial charge is 0.407 e. The third-order valence-corrected chi connectivity index (χ3v) is 4.28. The van der Waals surface area contributed by atoms with E-state index in [2.05, 4.69) is 15.3 Å². The molecule has 26 heavy (non-hydrogen) atoms. The van der Waals surface area contributed by atoms with Gasteiger partial charge in [0.2, 0.25) is 0 Å². The number of benzene rings is 1. The number of aryl methyl sites for hydroxylation is 1. The molecule has 0 saturated carbocycles. The van der Waals surface area contributed by atoms with E-state index in [1.165, 1.54) is 17.0 Å². The normalized spacial score (nSPS) is 14.5. The van der Waals surface area contributed by atoms with Crippen LogP contribution in [0.5, 0.6) is 0 Å². The first kappa shape index (κ1) is 18.0. The largest absolute Gasteiger partial charge is 0.465 e. The topological polar surface area (TPSA) is 78.4 Å². The maximum Gasteiger partial charge on any atom is 0.407 e. The Morgan fingerprint density at radius 1 is 1.27 bits per heavy atom. The van der Waals surface area contributed by atoms with Crippen molar-refractivity contribution in [3.05, 3.63) is 52.2 Å². The van der Waals surface area contributed by atoms with Gasteiger partial charge in [-0.25, -0.2) is 27.9 Å². The summed E-state index contributed by atoms with van der Waals surface area (Å²) in [4.78, 5) is 20.9. The zero-order valence-electron chi connectivity index (χ0n) is 14.1. The molecule has 0 saturated heterocycles. The number of nitrogens with one attached hydrogen (secondary N) is 1. The summed E-state index contributed by atoms with van der Waals surface area (Å²) in [6, 6.07) is 3.20. The summed E-state index contributed by atoms with van der Waals surface area (Å²) in [5, 5.41) is 12.2. The zero-order valence-corrected chi connectivity index (χ0v) is 14.1. The maximum atomic E-state index is 14.4. The van der Waals surface area contributed by atoms with Crippen molar-refractivity contribution in [2.45, 2.75) is 39.4 Å². The number of rotatable bonds is 4. The SMILES string of the molecule is Cc1nc2c(c(N[C@H](C)c3cccc(C(F)F)c3F)n1)CN(C(=O)O)C2. The first-order valence-electron chi connectivity index (χ1n) is 7.95. The molecule has 0 spiro atoms. The van der Waals surface area contributed by atoms with Gasteiger partial charge < -0.3 is 10.4 Å². The fraction of sp³-hybridized carbons (Fsp3) is 0.353. The summed E-state index contributed by atoms with van der Waals surface area (Å²) in [5.41, 5.74) is 0.616. The molecule has 1 atom stereocenters. The number of nitrogens with zero attached hydrogens (tertiary/aromatic N) is 3. The molecule has 0 bridgehead atoms. The molecule has 1 aliphatic heterocycles. The lowest BCUT2D eigenvalue weighted by Gasteiger charge is -2.19. The van der Waals surface area contributed by atoms with Crippen LogP contribution < -0.4 is 5.32 Å². The Kier molecular flexibility index (Phi) is 4.71. The summed E-state index contributed by atoms with van der Waals surface area (Å²) >= 11 is 0. The van der Waals surface area contributed by atoms with Gasteiger partial charge in [-0.3, -0.25) is 4.90 Å². The standard InChI is InChI=1S/C17H17F3N4O2/c1-8(10-4-3-5-11(14(10)18)15(19)20)21-16-12-6-24(17(25)26)7-13(12)22-9(2)23-16/h3-5,8,15H,6-7H2,1-2H3,(H,25,26)(H,21,22,23)/t8-/m1/s1. The Labute approximate surface area is 147 Å². The molecule has 2 aromatic rings. The van der Waals surface area contributed by atoms with E-state index >= 15 is 0 Å². The number of alkyl halides is 2. The average Bonchev–Trinajstić information content (AvgIpc) is 2.99. The summed E-state index contributed by atoms with van der Waals surface area (Å²) in [6.07, 6.45) is -3.98. The molecule has 0 aliphatic carbocycles. The number of carboxylic acid groups (broad SMARTS) is 1. The van der Waals surface area contributed by atoms with Gasteiger partial charge in [-0.05, 0) is 13.8 Å². The van der Waals surface area contributed by atoms with Gasteiger partial charge >= 0.3 is 6.09 Å². The molecule has 9 heteroatoms. The number of fused-ring (bicyclic) bond motifs is 1. The van der Waals surface area contributed by atoms with Gasteiger partial charge in [0.25, 0.3) is 6.43 Å². The lowest BCUT2D eigenvalue weighted by atomic mass is 10.0. The Morgan fingerprint density at radius 3 is 2.62 bits per heavy atom. The van der Waals surface area contributed by atoms with E-state index in [0.717, 1.165) is 6.07 Å². The molecular weight excluding hydrogens is 349 g/mol. The summed E-state index contributed by atoms with van der Waals surface area (Å²) < 4.78 is 40.2. The van der Waals surface area contributed by atoms with Gasteiger partial charge in [-0.1, -0.05) is 18.2 Å². The minimum Gasteiger partial charge on any atom is -0.465 e. The van der Waals surface area contributed by atoms with Crippen LogP contribution in [0.4, 0.5) is 23.8 Å². The van der Waals surface area contributed by atoms with Crippen LogP contribution in [0, 0.1) is 12.7 Å². The van der Waals surface area contributed by atoms with Gasteiger partial charge in [0.1, 0.15) is 17.5 Å². The van der Waals surface area contributed by atoms with Crippen LogP contribution in [0.25, 0.3) is 0 Å². The van der Waals surface area contributed by atoms with Crippen LogP contribution >= 0.6 is 0 Å². The average molecular weight is 366 g/mol. The van der Waals surface area contributed by atoms with E-state index < -0.39 is 29.9 Å². The van der Waals surface area contributed by atoms with E-state index in [0.29, 0.717) is 22.9 Å². The predicted molar refractivity (Wildman–Crippen MR) is 87.4 cm³/mol. The number of hydrogen-bond donors (Lipinski definition) is 2. The fourth-order valence-corrected chi connectivity index (χ4v) is 2.99. The molecule has 1 aromatic carbocycles. The van der Waals surface area contributed by atoms with Crippen LogP contribution in [0.2, 0.25) is 0 Å². The molecule has 0 unspecified atom stereocenters. The minimum absolute atomic E-state index is 0.0842. The van der Waals surface area contributed by atoms with Gasteiger partial charge in [0.15, 0.2) is 0 Å². The van der Waals surface area contributed by atoms with E-state index in [-0.39, 0.29) is 18.7 Å². The fourth-order valence-electron chi connectivity index (χ4n) is 2.99. The van der Waals surface area contributed by atoms with Crippen LogP contribution in [0.3, 0.4) is 0 Å². The summed E-state index contributed by atoms with van der Waals surface area (Å²) in [7, 11) is 0. The van der Waals surface area contributed by atoms with Crippen molar-refractivity contribution in [3.63, 3.8) is 0 Å².